The number of hydrogen-bond donors (Lipinski definition) is 2. The molecule has 6 heteroatoms. The number of rotatable bonds is 7. The van der Waals surface area contributed by atoms with E-state index in [-0.39, 0.29) is 47.4 Å². The number of fused-ring (bicyclic) bond motifs is 4. The number of aliphatic hydroxyl groups is 2. The van der Waals surface area contributed by atoms with Gasteiger partial charge in [0.15, 0.2) is 5.78 Å². The zero-order valence-electron chi connectivity index (χ0n) is 23.7. The first kappa shape index (κ1) is 28.4. The lowest BCUT2D eigenvalue weighted by Gasteiger charge is -2.61. The number of carbonyl (C=O) groups excluding carboxylic acids is 4. The van der Waals surface area contributed by atoms with Crippen LogP contribution in [0.25, 0.3) is 0 Å². The summed E-state index contributed by atoms with van der Waals surface area (Å²) in [6.07, 6.45) is 2.47. The summed E-state index contributed by atoms with van der Waals surface area (Å²) in [5.74, 6) is 0.106. The third kappa shape index (κ3) is 3.95. The van der Waals surface area contributed by atoms with E-state index in [1.165, 1.54) is 0 Å². The molecule has 0 radical (unpaired) electrons. The first-order valence-corrected chi connectivity index (χ1v) is 14.2. The minimum absolute atomic E-state index is 0.00824. The maximum absolute atomic E-state index is 14.1. The van der Waals surface area contributed by atoms with E-state index in [9.17, 15) is 29.4 Å². The Kier molecular flexibility index (Phi) is 7.07. The highest BCUT2D eigenvalue weighted by Crippen LogP contribution is 2.71. The summed E-state index contributed by atoms with van der Waals surface area (Å²) in [6, 6.07) is 0. The van der Waals surface area contributed by atoms with E-state index >= 15 is 0 Å². The second-order valence-corrected chi connectivity index (χ2v) is 14.2. The highest BCUT2D eigenvalue weighted by Gasteiger charge is 2.70. The molecule has 0 heterocycles. The Morgan fingerprint density at radius 3 is 2.32 bits per heavy atom. The lowest BCUT2D eigenvalue weighted by Crippen LogP contribution is -2.60. The molecule has 0 aliphatic heterocycles. The van der Waals surface area contributed by atoms with Crippen molar-refractivity contribution in [1.29, 1.82) is 0 Å². The Hall–Kier alpha value is -1.66. The molecular weight excluding hydrogens is 468 g/mol. The van der Waals surface area contributed by atoms with Crippen LogP contribution in [0.4, 0.5) is 0 Å². The molecule has 0 spiro atoms. The van der Waals surface area contributed by atoms with Crippen molar-refractivity contribution in [1.82, 2.24) is 0 Å². The van der Waals surface area contributed by atoms with Crippen LogP contribution >= 0.6 is 0 Å². The first-order valence-electron chi connectivity index (χ1n) is 14.2. The van der Waals surface area contributed by atoms with E-state index in [1.54, 1.807) is 0 Å². The number of carbonyl (C=O) groups is 4. The van der Waals surface area contributed by atoms with Crippen LogP contribution < -0.4 is 0 Å². The number of hydrogen-bond acceptors (Lipinski definition) is 6. The largest absolute Gasteiger partial charge is 0.392 e. The zero-order valence-corrected chi connectivity index (χ0v) is 23.7. The van der Waals surface area contributed by atoms with E-state index in [2.05, 4.69) is 13.8 Å². The van der Waals surface area contributed by atoms with Crippen LogP contribution in [-0.4, -0.2) is 46.1 Å². The summed E-state index contributed by atoms with van der Waals surface area (Å²) in [4.78, 5) is 50.6. The van der Waals surface area contributed by atoms with Crippen molar-refractivity contribution in [2.24, 2.45) is 45.3 Å². The highest BCUT2D eigenvalue weighted by atomic mass is 16.3. The Labute approximate surface area is 221 Å². The Balaban J connectivity index is 1.73. The second-order valence-electron chi connectivity index (χ2n) is 14.2. The molecule has 2 fully saturated rings. The van der Waals surface area contributed by atoms with Gasteiger partial charge in [0.25, 0.3) is 0 Å². The van der Waals surface area contributed by atoms with Gasteiger partial charge >= 0.3 is 0 Å². The third-order valence-corrected chi connectivity index (χ3v) is 11.7. The third-order valence-electron chi connectivity index (χ3n) is 11.7. The molecule has 0 amide bonds. The smallest absolute Gasteiger partial charge is 0.160 e. The van der Waals surface area contributed by atoms with Crippen LogP contribution in [0.3, 0.4) is 0 Å². The molecule has 6 nitrogen and oxygen atoms in total. The lowest BCUT2D eigenvalue weighted by molar-refractivity contribution is -0.146. The van der Waals surface area contributed by atoms with Crippen LogP contribution in [0.1, 0.15) is 99.8 Å². The lowest BCUT2D eigenvalue weighted by atomic mass is 9.42. The molecular formula is C31H46O6. The van der Waals surface area contributed by atoms with E-state index in [1.807, 2.05) is 34.6 Å². The first-order chi connectivity index (χ1) is 17.1. The van der Waals surface area contributed by atoms with Gasteiger partial charge in [-0.25, -0.2) is 0 Å². The number of aliphatic hydroxyl groups excluding tert-OH is 2. The Bertz CT molecular complexity index is 1040. The number of Topliss-reactive ketones (excluding diaryl/α,β-unsaturated/α-hetero) is 3. The molecule has 0 saturated heterocycles. The van der Waals surface area contributed by atoms with E-state index in [0.717, 1.165) is 6.29 Å². The van der Waals surface area contributed by atoms with Gasteiger partial charge in [-0.05, 0) is 53.9 Å². The van der Waals surface area contributed by atoms with E-state index in [4.69, 9.17) is 0 Å². The monoisotopic (exact) mass is 514 g/mol. The molecule has 0 aromatic carbocycles. The standard InChI is InChI=1S/C31H46O6/c1-17(9-11-32)12-19(33)13-18(2)20-14-25(37)31(7)27-21(34)15-23-28(3,4)24(36)8-10-29(23,5)26(27)22(35)16-30(20,31)6/h11,17-18,20-21,23,25,34,37H,8-10,12-16H2,1-7H3/t17-,18-,20-,21+,23+,25+,29+,30-,31+/m1/s1. The average Bonchev–Trinajstić information content (AvgIpc) is 2.99. The van der Waals surface area contributed by atoms with Gasteiger partial charge in [-0.2, -0.15) is 0 Å². The summed E-state index contributed by atoms with van der Waals surface area (Å²) >= 11 is 0. The van der Waals surface area contributed by atoms with Crippen LogP contribution in [0, 0.1) is 45.3 Å². The topological polar surface area (TPSA) is 109 Å². The molecule has 0 bridgehead atoms. The number of ketones is 3. The molecule has 0 aromatic rings. The van der Waals surface area contributed by atoms with Gasteiger partial charge < -0.3 is 15.0 Å². The molecule has 0 aromatic heterocycles. The number of aldehydes is 1. The molecule has 0 unspecified atom stereocenters. The minimum Gasteiger partial charge on any atom is -0.392 e. The normalized spacial score (nSPS) is 42.5. The SMILES string of the molecule is C[C@H](CC=O)CC(=O)C[C@@H](C)[C@H]1C[C@H](O)[C@@]2(C)C3=C(C(=O)C[C@]12C)[C@@]1(C)CCC(=O)C(C)(C)[C@@H]1C[C@@H]3O. The van der Waals surface area contributed by atoms with Crippen LogP contribution in [0.5, 0.6) is 0 Å². The second kappa shape index (κ2) is 9.22. The zero-order chi connectivity index (χ0) is 27.7. The van der Waals surface area contributed by atoms with Gasteiger partial charge in [0.05, 0.1) is 12.2 Å². The van der Waals surface area contributed by atoms with Gasteiger partial charge in [-0.15, -0.1) is 0 Å². The average molecular weight is 515 g/mol. The summed E-state index contributed by atoms with van der Waals surface area (Å²) < 4.78 is 0. The van der Waals surface area contributed by atoms with Crippen molar-refractivity contribution in [3.8, 4) is 0 Å². The molecule has 2 N–H and O–H groups in total. The Morgan fingerprint density at radius 1 is 1.05 bits per heavy atom. The van der Waals surface area contributed by atoms with Crippen molar-refractivity contribution in [3.05, 3.63) is 11.1 Å². The van der Waals surface area contributed by atoms with Crippen molar-refractivity contribution in [2.75, 3.05) is 0 Å². The fourth-order valence-corrected chi connectivity index (χ4v) is 9.41. The van der Waals surface area contributed by atoms with E-state index < -0.39 is 33.9 Å². The predicted molar refractivity (Wildman–Crippen MR) is 140 cm³/mol. The molecule has 37 heavy (non-hydrogen) atoms. The highest BCUT2D eigenvalue weighted by molar-refractivity contribution is 6.01. The van der Waals surface area contributed by atoms with Crippen molar-refractivity contribution >= 4 is 23.6 Å². The van der Waals surface area contributed by atoms with Crippen molar-refractivity contribution in [2.45, 2.75) is 112 Å². The molecule has 2 saturated carbocycles. The maximum Gasteiger partial charge on any atom is 0.160 e. The fourth-order valence-electron chi connectivity index (χ4n) is 9.41. The quantitative estimate of drug-likeness (QED) is 0.479. The summed E-state index contributed by atoms with van der Waals surface area (Å²) in [7, 11) is 0. The summed E-state index contributed by atoms with van der Waals surface area (Å²) in [5, 5.41) is 23.3. The van der Waals surface area contributed by atoms with Crippen molar-refractivity contribution in [3.63, 3.8) is 0 Å². The Morgan fingerprint density at radius 2 is 1.70 bits per heavy atom. The van der Waals surface area contributed by atoms with Gasteiger partial charge in [0.1, 0.15) is 17.9 Å². The predicted octanol–water partition coefficient (Wildman–Crippen LogP) is 4.64. The maximum atomic E-state index is 14.1. The van der Waals surface area contributed by atoms with Crippen LogP contribution in [0.15, 0.2) is 11.1 Å². The fraction of sp³-hybridized carbons (Fsp3) is 0.806. The van der Waals surface area contributed by atoms with Gasteiger partial charge in [0, 0.05) is 53.9 Å². The molecule has 4 aliphatic carbocycles. The van der Waals surface area contributed by atoms with Crippen molar-refractivity contribution < 1.29 is 29.4 Å². The number of allylic oxidation sites excluding steroid dienone is 1. The summed E-state index contributed by atoms with van der Waals surface area (Å²) in [5.41, 5.74) is -1.16. The van der Waals surface area contributed by atoms with Gasteiger partial charge in [0.2, 0.25) is 0 Å². The summed E-state index contributed by atoms with van der Waals surface area (Å²) in [6.45, 7) is 14.0. The van der Waals surface area contributed by atoms with Crippen LogP contribution in [0.2, 0.25) is 0 Å². The molecule has 206 valence electrons. The van der Waals surface area contributed by atoms with Gasteiger partial charge in [-0.1, -0.05) is 48.5 Å². The molecule has 9 atom stereocenters. The molecule has 4 rings (SSSR count). The minimum atomic E-state index is -0.888. The molecule has 4 aliphatic rings. The van der Waals surface area contributed by atoms with E-state index in [0.29, 0.717) is 56.1 Å². The van der Waals surface area contributed by atoms with Crippen LogP contribution in [-0.2, 0) is 19.2 Å². The van der Waals surface area contributed by atoms with Gasteiger partial charge in [-0.3, -0.25) is 14.4 Å².